The Morgan fingerprint density at radius 1 is 0.796 bits per heavy atom. The van der Waals surface area contributed by atoms with Crippen molar-refractivity contribution in [2.45, 2.75) is 220 Å². The number of hydrogen-bond acceptors (Lipinski definition) is 11. The van der Waals surface area contributed by atoms with Crippen molar-refractivity contribution >= 4 is 5.78 Å². The SMILES string of the molecule is C=C1C[C@@H]2CC[C@@]34C[C@@H]5O[C@H]6[C@@H](O3)[C@H]3O[C@H](CC[C@@H]3O[C@H]6[C@@H]5O4)CC(=O)C[C@@H]3[C@@H](OC)[C@@H](CC(O)CCCC)O[C@H]3C[C@H]3O[C@@H](CC[C@@H]1O2)C[C@@H](C)C3=C. The number of methoxy groups -OCH3 is 1. The van der Waals surface area contributed by atoms with Crippen molar-refractivity contribution in [2.24, 2.45) is 11.8 Å². The summed E-state index contributed by atoms with van der Waals surface area (Å²) in [4.78, 5) is 14.2. The third-order valence-electron chi connectivity index (χ3n) is 14.6. The predicted molar refractivity (Wildman–Crippen MR) is 197 cm³/mol. The quantitative estimate of drug-likeness (QED) is 0.338. The third kappa shape index (κ3) is 7.24. The number of fused-ring (bicyclic) bond motifs is 6. The van der Waals surface area contributed by atoms with Gasteiger partial charge in [-0.1, -0.05) is 39.8 Å². The minimum absolute atomic E-state index is 0.00635. The van der Waals surface area contributed by atoms with Crippen molar-refractivity contribution in [3.8, 4) is 0 Å². The zero-order valence-corrected chi connectivity index (χ0v) is 32.6. The van der Waals surface area contributed by atoms with Gasteiger partial charge in [0.1, 0.15) is 36.3 Å². The van der Waals surface area contributed by atoms with E-state index in [2.05, 4.69) is 27.0 Å². The molecule has 0 saturated carbocycles. The molecule has 1 spiro atoms. The number of ether oxygens (including phenoxy) is 9. The Bertz CT molecular complexity index is 1400. The summed E-state index contributed by atoms with van der Waals surface area (Å²) in [7, 11) is 1.70. The predicted octanol–water partition coefficient (Wildman–Crippen LogP) is 5.67. The Balaban J connectivity index is 0.984. The summed E-state index contributed by atoms with van der Waals surface area (Å²) >= 11 is 0. The fourth-order valence-electron chi connectivity index (χ4n) is 11.7. The van der Waals surface area contributed by atoms with Crippen LogP contribution in [0, 0.1) is 11.8 Å². The second-order valence-corrected chi connectivity index (χ2v) is 18.3. The molecule has 0 aromatic rings. The average molecular weight is 757 g/mol. The van der Waals surface area contributed by atoms with Crippen molar-refractivity contribution in [1.29, 1.82) is 0 Å². The van der Waals surface area contributed by atoms with Crippen LogP contribution in [0.4, 0.5) is 0 Å². The number of unbranched alkanes of at least 4 members (excludes halogenated alkanes) is 1. The topological polar surface area (TPSA) is 120 Å². The normalized spacial score (nSPS) is 50.9. The highest BCUT2D eigenvalue weighted by Crippen LogP contribution is 2.54. The standard InChI is InChI=1S/C43H64O11/c1-6-7-8-25(44)19-35-37(46-5)30-18-26(45)17-28-10-12-32-38(49-28)42-41-40(51-32)39-36(52-41)21-43(53-39,54-42)14-13-29-16-23(3)31(47-29)11-9-27-15-22(2)24(4)33(48-27)20-34(30)50-35/h22,25,27-42,44H,3-4,6-21H2,1-2,5H3/t22-,25?,27+,28-,29+,30+,31+,32+,33-,34+,35-,36+,37-,38+,39-,40+,41-,42+,43+/m1/s1. The molecule has 10 saturated heterocycles. The van der Waals surface area contributed by atoms with Crippen molar-refractivity contribution < 1.29 is 52.5 Å². The number of Topliss-reactive ketones (excluding diaryl/α,β-unsaturated/α-hetero) is 1. The molecular formula is C43H64O11. The van der Waals surface area contributed by atoms with Crippen LogP contribution in [0.15, 0.2) is 24.3 Å². The molecule has 0 aromatic carbocycles. The number of aliphatic hydroxyl groups is 1. The first-order valence-corrected chi connectivity index (χ1v) is 21.5. The van der Waals surface area contributed by atoms with E-state index in [1.165, 1.54) is 0 Å². The van der Waals surface area contributed by atoms with E-state index in [9.17, 15) is 9.90 Å². The maximum Gasteiger partial charge on any atom is 0.172 e. The molecule has 10 aliphatic heterocycles. The Morgan fingerprint density at radius 3 is 2.39 bits per heavy atom. The molecule has 10 fully saturated rings. The fraction of sp³-hybridized carbons (Fsp3) is 0.884. The number of rotatable bonds is 6. The molecule has 302 valence electrons. The molecule has 0 amide bonds. The molecule has 10 rings (SSSR count). The second-order valence-electron chi connectivity index (χ2n) is 18.3. The van der Waals surface area contributed by atoms with Gasteiger partial charge in [0.15, 0.2) is 5.79 Å². The molecule has 0 radical (unpaired) electrons. The lowest BCUT2D eigenvalue weighted by molar-refractivity contribution is -0.292. The van der Waals surface area contributed by atoms with Gasteiger partial charge in [-0.05, 0) is 68.4 Å². The van der Waals surface area contributed by atoms with Gasteiger partial charge in [-0.3, -0.25) is 4.79 Å². The van der Waals surface area contributed by atoms with Gasteiger partial charge >= 0.3 is 0 Å². The van der Waals surface area contributed by atoms with Gasteiger partial charge < -0.3 is 47.7 Å². The van der Waals surface area contributed by atoms with Crippen LogP contribution in [-0.4, -0.2) is 121 Å². The molecule has 0 aliphatic carbocycles. The molecule has 11 heteroatoms. The summed E-state index contributed by atoms with van der Waals surface area (Å²) in [5.41, 5.74) is 2.23. The molecule has 12 bridgehead atoms. The van der Waals surface area contributed by atoms with Crippen LogP contribution in [0.1, 0.15) is 117 Å². The molecular weight excluding hydrogens is 692 g/mol. The number of ketones is 1. The van der Waals surface area contributed by atoms with Crippen molar-refractivity contribution in [1.82, 2.24) is 0 Å². The number of hydrogen-bond donors (Lipinski definition) is 1. The van der Waals surface area contributed by atoms with Crippen LogP contribution >= 0.6 is 0 Å². The monoisotopic (exact) mass is 756 g/mol. The van der Waals surface area contributed by atoms with Crippen LogP contribution in [0.25, 0.3) is 0 Å². The zero-order chi connectivity index (χ0) is 37.3. The van der Waals surface area contributed by atoms with Crippen LogP contribution in [0.3, 0.4) is 0 Å². The van der Waals surface area contributed by atoms with Gasteiger partial charge in [-0.15, -0.1) is 0 Å². The molecule has 10 heterocycles. The Morgan fingerprint density at radius 2 is 1.56 bits per heavy atom. The molecule has 54 heavy (non-hydrogen) atoms. The number of aliphatic hydroxyl groups excluding tert-OH is 1. The number of carbonyl (C=O) groups excluding carboxylic acids is 1. The van der Waals surface area contributed by atoms with Crippen molar-refractivity contribution in [2.75, 3.05) is 7.11 Å². The lowest BCUT2D eigenvalue weighted by Gasteiger charge is -2.47. The second kappa shape index (κ2) is 15.5. The zero-order valence-electron chi connectivity index (χ0n) is 32.6. The maximum atomic E-state index is 14.2. The van der Waals surface area contributed by atoms with Gasteiger partial charge in [0, 0.05) is 51.6 Å². The van der Waals surface area contributed by atoms with E-state index in [0.717, 1.165) is 75.4 Å². The third-order valence-corrected chi connectivity index (χ3v) is 14.6. The summed E-state index contributed by atoms with van der Waals surface area (Å²) in [6.07, 6.45) is 8.42. The van der Waals surface area contributed by atoms with Gasteiger partial charge in [0.2, 0.25) is 0 Å². The number of carbonyl (C=O) groups is 1. The lowest BCUT2D eigenvalue weighted by atomic mass is 9.81. The van der Waals surface area contributed by atoms with Gasteiger partial charge in [-0.25, -0.2) is 0 Å². The van der Waals surface area contributed by atoms with Gasteiger partial charge in [0.25, 0.3) is 0 Å². The lowest BCUT2D eigenvalue weighted by Crippen LogP contribution is -2.61. The highest BCUT2D eigenvalue weighted by atomic mass is 16.8. The molecule has 19 atom stereocenters. The minimum atomic E-state index is -0.773. The van der Waals surface area contributed by atoms with Crippen LogP contribution in [0.5, 0.6) is 0 Å². The first-order chi connectivity index (χ1) is 26.1. The van der Waals surface area contributed by atoms with E-state index in [1.807, 2.05) is 0 Å². The van der Waals surface area contributed by atoms with E-state index in [1.54, 1.807) is 7.11 Å². The Hall–Kier alpha value is -1.25. The molecule has 1 N–H and O–H groups in total. The fourth-order valence-corrected chi connectivity index (χ4v) is 11.7. The first-order valence-electron chi connectivity index (χ1n) is 21.5. The molecule has 0 aromatic heterocycles. The summed E-state index contributed by atoms with van der Waals surface area (Å²) in [6, 6.07) is 0. The van der Waals surface area contributed by atoms with E-state index >= 15 is 0 Å². The van der Waals surface area contributed by atoms with Crippen LogP contribution in [-0.2, 0) is 47.4 Å². The molecule has 11 nitrogen and oxygen atoms in total. The Kier molecular flexibility index (Phi) is 11.0. The molecule has 10 aliphatic rings. The van der Waals surface area contributed by atoms with Gasteiger partial charge in [0.05, 0.1) is 67.1 Å². The van der Waals surface area contributed by atoms with E-state index in [0.29, 0.717) is 44.4 Å². The Labute approximate surface area is 321 Å². The average Bonchev–Trinajstić information content (AvgIpc) is 3.82. The van der Waals surface area contributed by atoms with Crippen LogP contribution in [0.2, 0.25) is 0 Å². The minimum Gasteiger partial charge on any atom is -0.393 e. The first kappa shape index (κ1) is 38.3. The van der Waals surface area contributed by atoms with E-state index in [-0.39, 0.29) is 103 Å². The highest BCUT2D eigenvalue weighted by Gasteiger charge is 2.68. The van der Waals surface area contributed by atoms with E-state index < -0.39 is 11.9 Å². The highest BCUT2D eigenvalue weighted by molar-refractivity contribution is 5.79. The summed E-state index contributed by atoms with van der Waals surface area (Å²) in [5, 5.41) is 11.0. The molecule has 1 unspecified atom stereocenters. The summed E-state index contributed by atoms with van der Waals surface area (Å²) in [6.45, 7) is 13.3. The van der Waals surface area contributed by atoms with Gasteiger partial charge in [-0.2, -0.15) is 0 Å². The van der Waals surface area contributed by atoms with Crippen molar-refractivity contribution in [3.63, 3.8) is 0 Å². The summed E-state index contributed by atoms with van der Waals surface area (Å²) in [5.74, 6) is -0.527. The maximum absolute atomic E-state index is 14.2. The smallest absolute Gasteiger partial charge is 0.172 e. The summed E-state index contributed by atoms with van der Waals surface area (Å²) < 4.78 is 60.4. The van der Waals surface area contributed by atoms with Crippen LogP contribution < -0.4 is 0 Å². The van der Waals surface area contributed by atoms with Crippen molar-refractivity contribution in [3.05, 3.63) is 24.3 Å². The van der Waals surface area contributed by atoms with E-state index in [4.69, 9.17) is 42.6 Å². The largest absolute Gasteiger partial charge is 0.393 e.